The van der Waals surface area contributed by atoms with Gasteiger partial charge in [0.05, 0.1) is 12.7 Å². The van der Waals surface area contributed by atoms with Gasteiger partial charge in [-0.05, 0) is 56.1 Å². The highest BCUT2D eigenvalue weighted by Crippen LogP contribution is 2.67. The van der Waals surface area contributed by atoms with Crippen LogP contribution in [-0.4, -0.2) is 97.8 Å². The molecule has 10 nitrogen and oxygen atoms in total. The molecule has 0 unspecified atom stereocenters. The lowest BCUT2D eigenvalue weighted by atomic mass is 9.46. The topological polar surface area (TPSA) is 174 Å². The fourth-order valence-electron chi connectivity index (χ4n) is 8.27. The maximum Gasteiger partial charge on any atom is 0.190 e. The zero-order valence-corrected chi connectivity index (χ0v) is 21.2. The maximum atomic E-state index is 13.5. The van der Waals surface area contributed by atoms with Crippen molar-refractivity contribution in [1.29, 1.82) is 0 Å². The van der Waals surface area contributed by atoms with E-state index in [1.807, 2.05) is 13.0 Å². The van der Waals surface area contributed by atoms with Crippen LogP contribution in [0.15, 0.2) is 23.8 Å². The monoisotopic (exact) mass is 522 g/mol. The SMILES string of the molecule is C[C@]12C=CC(=O)C=C1CC[C@H]1[C@H]2[C@@H](O)C[C@@]2(C)[C@@H]1CC[C@]2(O)C(=O)CO[C@@H]1O[C@H](CO)[C@@H](O)[C@H](O)[C@H]1O. The van der Waals surface area contributed by atoms with Gasteiger partial charge in [0.15, 0.2) is 17.9 Å². The number of aliphatic hydroxyl groups is 6. The first-order valence-corrected chi connectivity index (χ1v) is 13.2. The lowest BCUT2D eigenvalue weighted by Gasteiger charge is -2.59. The van der Waals surface area contributed by atoms with Gasteiger partial charge in [0, 0.05) is 16.7 Å². The van der Waals surface area contributed by atoms with E-state index in [0.29, 0.717) is 6.42 Å². The summed E-state index contributed by atoms with van der Waals surface area (Å²) in [5.41, 5.74) is -2.10. The van der Waals surface area contributed by atoms with Crippen molar-refractivity contribution in [1.82, 2.24) is 0 Å². The minimum atomic E-state index is -1.77. The first kappa shape index (κ1) is 27.1. The predicted molar refractivity (Wildman–Crippen MR) is 128 cm³/mol. The fraction of sp³-hybridized carbons (Fsp3) is 0.778. The van der Waals surface area contributed by atoms with Crippen molar-refractivity contribution in [3.8, 4) is 0 Å². The van der Waals surface area contributed by atoms with Gasteiger partial charge in [-0.3, -0.25) is 9.59 Å². The smallest absolute Gasteiger partial charge is 0.190 e. The van der Waals surface area contributed by atoms with Crippen molar-refractivity contribution in [2.45, 2.75) is 88.4 Å². The number of carbonyl (C=O) groups excluding carboxylic acids is 2. The fourth-order valence-corrected chi connectivity index (χ4v) is 8.27. The standard InChI is InChI=1S/C27H38O10/c1-25-7-5-14(29)9-13(25)3-4-15-16-6-8-27(35,26(16,2)10-17(30)20(15)25)19(31)12-36-24-23(34)22(33)21(32)18(11-28)37-24/h5,7,9,15-18,20-24,28,30,32-35H,3-4,6,8,10-12H2,1-2H3/t15-,16-,17+,18-,20+,21-,22+,23-,24-,25+,26+,27+/m1/s1. The van der Waals surface area contributed by atoms with E-state index in [-0.39, 0.29) is 36.4 Å². The number of aliphatic hydroxyl groups excluding tert-OH is 5. The average Bonchev–Trinajstić information content (AvgIpc) is 3.13. The molecule has 5 aliphatic rings. The van der Waals surface area contributed by atoms with E-state index in [1.54, 1.807) is 12.2 Å². The molecule has 0 amide bonds. The number of carbonyl (C=O) groups is 2. The number of Topliss-reactive ketones (excluding diaryl/α,β-unsaturated/α-hetero) is 1. The molecule has 0 bridgehead atoms. The highest BCUT2D eigenvalue weighted by molar-refractivity contribution is 6.01. The summed E-state index contributed by atoms with van der Waals surface area (Å²) >= 11 is 0. The Kier molecular flexibility index (Phi) is 6.81. The second-order valence-electron chi connectivity index (χ2n) is 12.0. The van der Waals surface area contributed by atoms with Crippen LogP contribution < -0.4 is 0 Å². The van der Waals surface area contributed by atoms with Crippen LogP contribution in [0, 0.1) is 28.6 Å². The zero-order chi connectivity index (χ0) is 26.9. The molecule has 1 heterocycles. The predicted octanol–water partition coefficient (Wildman–Crippen LogP) is -0.618. The molecule has 0 radical (unpaired) electrons. The van der Waals surface area contributed by atoms with Crippen molar-refractivity contribution in [2.24, 2.45) is 28.6 Å². The van der Waals surface area contributed by atoms with Crippen LogP contribution in [0.3, 0.4) is 0 Å². The summed E-state index contributed by atoms with van der Waals surface area (Å²) < 4.78 is 10.8. The quantitative estimate of drug-likeness (QED) is 0.273. The molecule has 10 heteroatoms. The molecule has 4 fully saturated rings. The molecule has 0 aromatic rings. The number of rotatable bonds is 5. The van der Waals surface area contributed by atoms with Gasteiger partial charge in [-0.2, -0.15) is 0 Å². The summed E-state index contributed by atoms with van der Waals surface area (Å²) in [6, 6.07) is 0. The Balaban J connectivity index is 1.34. The van der Waals surface area contributed by atoms with Crippen molar-refractivity contribution in [2.75, 3.05) is 13.2 Å². The van der Waals surface area contributed by atoms with Crippen molar-refractivity contribution < 1.29 is 49.7 Å². The van der Waals surface area contributed by atoms with Crippen LogP contribution >= 0.6 is 0 Å². The molecule has 37 heavy (non-hydrogen) atoms. The van der Waals surface area contributed by atoms with Gasteiger partial charge >= 0.3 is 0 Å². The first-order chi connectivity index (χ1) is 17.4. The van der Waals surface area contributed by atoms with Crippen LogP contribution in [0.4, 0.5) is 0 Å². The Morgan fingerprint density at radius 2 is 1.86 bits per heavy atom. The van der Waals surface area contributed by atoms with Crippen molar-refractivity contribution in [3.05, 3.63) is 23.8 Å². The van der Waals surface area contributed by atoms with E-state index < -0.39 is 72.2 Å². The third-order valence-electron chi connectivity index (χ3n) is 10.3. The van der Waals surface area contributed by atoms with Gasteiger partial charge in [0.2, 0.25) is 0 Å². The number of ketones is 2. The zero-order valence-electron chi connectivity index (χ0n) is 21.2. The summed E-state index contributed by atoms with van der Waals surface area (Å²) in [4.78, 5) is 25.4. The number of ether oxygens (including phenoxy) is 2. The highest BCUT2D eigenvalue weighted by Gasteiger charge is 2.68. The first-order valence-electron chi connectivity index (χ1n) is 13.2. The van der Waals surface area contributed by atoms with Gasteiger partial charge in [-0.1, -0.05) is 25.5 Å². The van der Waals surface area contributed by atoms with Crippen LogP contribution in [0.2, 0.25) is 0 Å². The van der Waals surface area contributed by atoms with Gasteiger partial charge in [0.1, 0.15) is 36.6 Å². The summed E-state index contributed by atoms with van der Waals surface area (Å²) in [6.45, 7) is 2.68. The Labute approximate surface area is 215 Å². The molecular weight excluding hydrogens is 484 g/mol. The van der Waals surface area contributed by atoms with E-state index in [4.69, 9.17) is 9.47 Å². The molecule has 0 spiro atoms. The lowest BCUT2D eigenvalue weighted by molar-refractivity contribution is -0.300. The molecule has 4 aliphatic carbocycles. The molecule has 206 valence electrons. The Bertz CT molecular complexity index is 1010. The molecule has 12 atom stereocenters. The molecule has 0 aromatic carbocycles. The number of hydrogen-bond donors (Lipinski definition) is 6. The Morgan fingerprint density at radius 3 is 2.57 bits per heavy atom. The van der Waals surface area contributed by atoms with E-state index >= 15 is 0 Å². The van der Waals surface area contributed by atoms with Gasteiger partial charge in [0.25, 0.3) is 0 Å². The van der Waals surface area contributed by atoms with Gasteiger partial charge in [-0.25, -0.2) is 0 Å². The minimum Gasteiger partial charge on any atom is -0.394 e. The maximum absolute atomic E-state index is 13.5. The van der Waals surface area contributed by atoms with Crippen molar-refractivity contribution >= 4 is 11.6 Å². The summed E-state index contributed by atoms with van der Waals surface area (Å²) in [7, 11) is 0. The molecule has 1 saturated heterocycles. The second kappa shape index (κ2) is 9.31. The minimum absolute atomic E-state index is 0.0217. The Morgan fingerprint density at radius 1 is 1.14 bits per heavy atom. The van der Waals surface area contributed by atoms with Gasteiger partial charge in [-0.15, -0.1) is 0 Å². The average molecular weight is 523 g/mol. The highest BCUT2D eigenvalue weighted by atomic mass is 16.7. The third kappa shape index (κ3) is 3.91. The van der Waals surface area contributed by atoms with E-state index in [0.717, 1.165) is 18.4 Å². The molecule has 0 aromatic heterocycles. The molecule has 6 N–H and O–H groups in total. The Hall–Kier alpha value is -1.50. The molecule has 5 rings (SSSR count). The normalized spacial score (nSPS) is 51.2. The number of hydrogen-bond acceptors (Lipinski definition) is 10. The van der Waals surface area contributed by atoms with E-state index in [1.165, 1.54) is 0 Å². The van der Waals surface area contributed by atoms with Crippen molar-refractivity contribution in [3.63, 3.8) is 0 Å². The summed E-state index contributed by atoms with van der Waals surface area (Å²) in [5.74, 6) is -0.738. The largest absolute Gasteiger partial charge is 0.394 e. The van der Waals surface area contributed by atoms with Crippen LogP contribution in [0.1, 0.15) is 46.0 Å². The van der Waals surface area contributed by atoms with E-state index in [9.17, 15) is 40.2 Å². The molecule has 1 aliphatic heterocycles. The summed E-state index contributed by atoms with van der Waals surface area (Å²) in [6.07, 6.45) is -0.603. The molecule has 3 saturated carbocycles. The number of allylic oxidation sites excluding steroid dienone is 4. The molecular formula is C27H38O10. The van der Waals surface area contributed by atoms with Crippen LogP contribution in [-0.2, 0) is 19.1 Å². The number of fused-ring (bicyclic) bond motifs is 5. The van der Waals surface area contributed by atoms with E-state index in [2.05, 4.69) is 6.92 Å². The van der Waals surface area contributed by atoms with Crippen LogP contribution in [0.25, 0.3) is 0 Å². The lowest BCUT2D eigenvalue weighted by Crippen LogP contribution is -2.62. The third-order valence-corrected chi connectivity index (χ3v) is 10.3. The van der Waals surface area contributed by atoms with Crippen LogP contribution in [0.5, 0.6) is 0 Å². The second-order valence-corrected chi connectivity index (χ2v) is 12.0. The van der Waals surface area contributed by atoms with Gasteiger partial charge < -0.3 is 40.1 Å². The summed E-state index contributed by atoms with van der Waals surface area (Å²) in [5, 5.41) is 62.8.